The highest BCUT2D eigenvalue weighted by Gasteiger charge is 2.55. The summed E-state index contributed by atoms with van der Waals surface area (Å²) in [6.45, 7) is 20.0. The molecule has 15 nitrogen and oxygen atoms in total. The Morgan fingerprint density at radius 3 is 1.72 bits per heavy atom. The Kier molecular flexibility index (Phi) is 14.4. The van der Waals surface area contributed by atoms with Crippen molar-refractivity contribution in [2.75, 3.05) is 20.3 Å². The highest BCUT2D eigenvalue weighted by molar-refractivity contribution is 5.78. The standard InChI is InChI=1S/C39H60N2O13/c1-36(2,3)32(42)50-21-25-27(52-33(43)37(4,5)6)28(53-34(44)38(7,8)9)29(54-35(45)39(10,11)12)30(51-25)40-26(24-15-14-20-49-31(24)48-13)22-16-18-23(19-17-22)41(46)47/h16-19,24-31,40H,14-15,20-21H2,1-13H3/t24-,25-,26-,27+,28+,29-,30-,31+/m1/s1. The molecule has 8 atom stereocenters. The van der Waals surface area contributed by atoms with Gasteiger partial charge >= 0.3 is 23.9 Å². The number of non-ortho nitro benzene ring substituents is 1. The molecule has 304 valence electrons. The number of nitro benzene ring substituents is 1. The quantitative estimate of drug-likeness (QED) is 0.123. The number of nitro groups is 1. The SMILES string of the molecule is CO[C@H]1OCCC[C@@H]1[C@H](N[C@@H]1O[C@H](COC(=O)C(C)(C)C)[C@H](OC(=O)C(C)(C)C)[C@H](OC(=O)C(C)(C)C)[C@H]1OC(=O)C(C)(C)C)c1ccc([N+](=O)[O-])cc1. The average molecular weight is 765 g/mol. The Balaban J connectivity index is 2.28. The van der Waals surface area contributed by atoms with E-state index in [1.54, 1.807) is 95.2 Å². The summed E-state index contributed by atoms with van der Waals surface area (Å²) in [4.78, 5) is 65.1. The molecule has 0 radical (unpaired) electrons. The van der Waals surface area contributed by atoms with Gasteiger partial charge in [0.15, 0.2) is 30.8 Å². The number of methoxy groups -OCH3 is 1. The maximum Gasteiger partial charge on any atom is 0.311 e. The number of nitrogens with zero attached hydrogens (tertiary/aromatic N) is 1. The molecule has 2 aliphatic rings. The third-order valence-corrected chi connectivity index (χ3v) is 8.97. The molecule has 1 aromatic rings. The molecule has 2 heterocycles. The maximum absolute atomic E-state index is 13.7. The second-order valence-electron chi connectivity index (χ2n) is 18.1. The van der Waals surface area contributed by atoms with Gasteiger partial charge < -0.3 is 33.2 Å². The fourth-order valence-electron chi connectivity index (χ4n) is 5.66. The van der Waals surface area contributed by atoms with E-state index in [2.05, 4.69) is 5.32 Å². The van der Waals surface area contributed by atoms with Crippen molar-refractivity contribution in [3.05, 3.63) is 39.9 Å². The van der Waals surface area contributed by atoms with Crippen LogP contribution in [0.2, 0.25) is 0 Å². The summed E-state index contributed by atoms with van der Waals surface area (Å²) in [6.07, 6.45) is -6.26. The molecule has 15 heteroatoms. The predicted octanol–water partition coefficient (Wildman–Crippen LogP) is 5.81. The van der Waals surface area contributed by atoms with Gasteiger partial charge in [-0.1, -0.05) is 12.1 Å². The van der Waals surface area contributed by atoms with E-state index in [0.717, 1.165) is 0 Å². The number of rotatable bonds is 11. The van der Waals surface area contributed by atoms with E-state index in [9.17, 15) is 29.3 Å². The summed E-state index contributed by atoms with van der Waals surface area (Å²) < 4.78 is 42.5. The highest BCUT2D eigenvalue weighted by atomic mass is 16.7. The van der Waals surface area contributed by atoms with Crippen LogP contribution in [0, 0.1) is 37.7 Å². The van der Waals surface area contributed by atoms with Crippen molar-refractivity contribution < 1.29 is 57.3 Å². The van der Waals surface area contributed by atoms with Gasteiger partial charge in [0.25, 0.3) is 5.69 Å². The Morgan fingerprint density at radius 1 is 0.778 bits per heavy atom. The number of hydrogen-bond acceptors (Lipinski definition) is 14. The van der Waals surface area contributed by atoms with Crippen molar-refractivity contribution in [1.82, 2.24) is 5.32 Å². The van der Waals surface area contributed by atoms with Gasteiger partial charge in [0, 0.05) is 37.8 Å². The van der Waals surface area contributed by atoms with Crippen molar-refractivity contribution in [3.63, 3.8) is 0 Å². The van der Waals surface area contributed by atoms with Crippen molar-refractivity contribution in [2.24, 2.45) is 27.6 Å². The highest BCUT2D eigenvalue weighted by Crippen LogP contribution is 2.38. The van der Waals surface area contributed by atoms with Crippen LogP contribution in [0.4, 0.5) is 5.69 Å². The minimum atomic E-state index is -1.46. The van der Waals surface area contributed by atoms with Crippen molar-refractivity contribution in [1.29, 1.82) is 0 Å². The van der Waals surface area contributed by atoms with Gasteiger partial charge in [-0.25, -0.2) is 0 Å². The predicted molar refractivity (Wildman–Crippen MR) is 196 cm³/mol. The molecule has 2 aliphatic heterocycles. The van der Waals surface area contributed by atoms with E-state index < -0.39 is 106 Å². The lowest BCUT2D eigenvalue weighted by Crippen LogP contribution is -2.67. The molecule has 0 spiro atoms. The molecule has 0 saturated carbocycles. The third kappa shape index (κ3) is 11.7. The number of benzene rings is 1. The molecule has 0 unspecified atom stereocenters. The molecular formula is C39H60N2O13. The second kappa shape index (κ2) is 17.4. The average Bonchev–Trinajstić information content (AvgIpc) is 3.06. The lowest BCUT2D eigenvalue weighted by molar-refractivity contribution is -0.384. The van der Waals surface area contributed by atoms with Gasteiger partial charge in [-0.05, 0) is 101 Å². The van der Waals surface area contributed by atoms with Crippen molar-refractivity contribution >= 4 is 29.6 Å². The van der Waals surface area contributed by atoms with E-state index in [0.29, 0.717) is 25.0 Å². The molecule has 0 aromatic heterocycles. The third-order valence-electron chi connectivity index (χ3n) is 8.97. The van der Waals surface area contributed by atoms with Gasteiger partial charge in [-0.2, -0.15) is 0 Å². The first-order valence-electron chi connectivity index (χ1n) is 18.4. The van der Waals surface area contributed by atoms with E-state index >= 15 is 0 Å². The fourth-order valence-corrected chi connectivity index (χ4v) is 5.66. The molecule has 2 saturated heterocycles. The van der Waals surface area contributed by atoms with Crippen LogP contribution >= 0.6 is 0 Å². The van der Waals surface area contributed by atoms with Gasteiger partial charge in [-0.3, -0.25) is 34.6 Å². The number of ether oxygens (including phenoxy) is 7. The smallest absolute Gasteiger partial charge is 0.311 e. The molecule has 3 rings (SSSR count). The Hall–Kier alpha value is -3.66. The molecule has 54 heavy (non-hydrogen) atoms. The van der Waals surface area contributed by atoms with Crippen molar-refractivity contribution in [2.45, 2.75) is 139 Å². The lowest BCUT2D eigenvalue weighted by Gasteiger charge is -2.48. The Morgan fingerprint density at radius 2 is 1.26 bits per heavy atom. The summed E-state index contributed by atoms with van der Waals surface area (Å²) in [5.41, 5.74) is -3.51. The topological polar surface area (TPSA) is 188 Å². The van der Waals surface area contributed by atoms with Crippen LogP contribution < -0.4 is 5.32 Å². The number of hydrogen-bond donors (Lipinski definition) is 1. The normalized spacial score (nSPS) is 25.9. The van der Waals surface area contributed by atoms with Crippen LogP contribution in [-0.2, 0) is 52.3 Å². The van der Waals surface area contributed by atoms with Crippen molar-refractivity contribution in [3.8, 4) is 0 Å². The molecule has 0 bridgehead atoms. The van der Waals surface area contributed by atoms with E-state index in [-0.39, 0.29) is 5.69 Å². The number of nitrogens with one attached hydrogen (secondary N) is 1. The molecule has 0 aliphatic carbocycles. The maximum atomic E-state index is 13.7. The molecule has 1 N–H and O–H groups in total. The largest absolute Gasteiger partial charge is 0.462 e. The first kappa shape index (κ1) is 44.7. The fraction of sp³-hybridized carbons (Fsp3) is 0.744. The van der Waals surface area contributed by atoms with Gasteiger partial charge in [0.05, 0.1) is 26.6 Å². The molecule has 2 fully saturated rings. The summed E-state index contributed by atoms with van der Waals surface area (Å²) in [6, 6.07) is 5.24. The summed E-state index contributed by atoms with van der Waals surface area (Å²) in [5.74, 6) is -2.97. The second-order valence-corrected chi connectivity index (χ2v) is 18.1. The molecule has 0 amide bonds. The van der Waals surface area contributed by atoms with E-state index in [4.69, 9.17) is 33.2 Å². The Labute approximate surface area is 318 Å². The molecule has 1 aromatic carbocycles. The van der Waals surface area contributed by atoms with Gasteiger partial charge in [-0.15, -0.1) is 0 Å². The number of carbonyl (C=O) groups excluding carboxylic acids is 4. The summed E-state index contributed by atoms with van der Waals surface area (Å²) in [5, 5.41) is 15.0. The summed E-state index contributed by atoms with van der Waals surface area (Å²) >= 11 is 0. The van der Waals surface area contributed by atoms with Crippen LogP contribution in [0.15, 0.2) is 24.3 Å². The minimum absolute atomic E-state index is 0.120. The van der Waals surface area contributed by atoms with E-state index in [1.807, 2.05) is 0 Å². The van der Waals surface area contributed by atoms with Gasteiger partial charge in [0.2, 0.25) is 0 Å². The van der Waals surface area contributed by atoms with Crippen LogP contribution in [0.25, 0.3) is 0 Å². The lowest BCUT2D eigenvalue weighted by atomic mass is 9.86. The van der Waals surface area contributed by atoms with Crippen LogP contribution in [0.1, 0.15) is 108 Å². The summed E-state index contributed by atoms with van der Waals surface area (Å²) in [7, 11) is 1.51. The van der Waals surface area contributed by atoms with Gasteiger partial charge in [0.1, 0.15) is 12.7 Å². The van der Waals surface area contributed by atoms with Crippen LogP contribution in [-0.4, -0.2) is 86.1 Å². The first-order chi connectivity index (χ1) is 24.7. The minimum Gasteiger partial charge on any atom is -0.462 e. The number of carbonyl (C=O) groups is 4. The molecular weight excluding hydrogens is 704 g/mol. The monoisotopic (exact) mass is 764 g/mol. The zero-order chi connectivity index (χ0) is 41.0. The van der Waals surface area contributed by atoms with Crippen LogP contribution in [0.3, 0.4) is 0 Å². The van der Waals surface area contributed by atoms with E-state index in [1.165, 1.54) is 19.2 Å². The zero-order valence-electron chi connectivity index (χ0n) is 34.0. The van der Waals surface area contributed by atoms with Crippen LogP contribution in [0.5, 0.6) is 0 Å². The Bertz CT molecular complexity index is 1480. The number of esters is 4. The zero-order valence-corrected chi connectivity index (χ0v) is 34.0. The first-order valence-corrected chi connectivity index (χ1v) is 18.4.